The van der Waals surface area contributed by atoms with E-state index in [0.717, 1.165) is 25.1 Å². The number of fused-ring (bicyclic) bond motifs is 1. The molecule has 2 aliphatic rings. The molecule has 1 amide bonds. The van der Waals surface area contributed by atoms with Crippen molar-refractivity contribution in [3.8, 4) is 0 Å². The average molecular weight is 199 g/mol. The minimum absolute atomic E-state index is 0.0394. The minimum Gasteiger partial charge on any atom is -0.338 e. The lowest BCUT2D eigenvalue weighted by atomic mass is 10.1. The Morgan fingerprint density at radius 1 is 1.46 bits per heavy atom. The van der Waals surface area contributed by atoms with Gasteiger partial charge in [0.1, 0.15) is 5.92 Å². The van der Waals surface area contributed by atoms with Crippen LogP contribution in [-0.2, 0) is 9.59 Å². The lowest BCUT2D eigenvalue weighted by molar-refractivity contribution is -0.137. The van der Waals surface area contributed by atoms with Crippen molar-refractivity contribution in [1.82, 2.24) is 4.90 Å². The first-order valence-corrected chi connectivity index (χ1v) is 5.66. The van der Waals surface area contributed by atoms with Crippen molar-refractivity contribution in [2.75, 3.05) is 12.3 Å². The quantitative estimate of drug-likeness (QED) is 0.544. The van der Waals surface area contributed by atoms with Gasteiger partial charge in [0.05, 0.1) is 0 Å². The van der Waals surface area contributed by atoms with Gasteiger partial charge in [-0.3, -0.25) is 9.59 Å². The Balaban J connectivity index is 2.21. The zero-order valence-electron chi connectivity index (χ0n) is 7.66. The van der Waals surface area contributed by atoms with Gasteiger partial charge in [-0.2, -0.15) is 0 Å². The Labute approximate surface area is 81.9 Å². The van der Waals surface area contributed by atoms with Crippen LogP contribution in [0.25, 0.3) is 0 Å². The first-order valence-electron chi connectivity index (χ1n) is 4.67. The molecule has 2 heterocycles. The zero-order valence-corrected chi connectivity index (χ0v) is 8.47. The molecular formula is C9H13NO2S. The average Bonchev–Trinajstić information content (AvgIpc) is 2.56. The fourth-order valence-corrected chi connectivity index (χ4v) is 3.01. The molecule has 0 bridgehead atoms. The number of amides is 1. The summed E-state index contributed by atoms with van der Waals surface area (Å²) in [6.07, 6.45) is 2.16. The molecule has 0 saturated carbocycles. The molecule has 2 aliphatic heterocycles. The number of hydrogen-bond acceptors (Lipinski definition) is 3. The first kappa shape index (κ1) is 9.06. The summed E-state index contributed by atoms with van der Waals surface area (Å²) in [5.74, 6) is 0.417. The summed E-state index contributed by atoms with van der Waals surface area (Å²) >= 11 is 1.33. The molecule has 0 aliphatic carbocycles. The van der Waals surface area contributed by atoms with E-state index in [1.54, 1.807) is 6.92 Å². The van der Waals surface area contributed by atoms with E-state index in [9.17, 15) is 9.59 Å². The normalized spacial score (nSPS) is 34.7. The van der Waals surface area contributed by atoms with Crippen molar-refractivity contribution in [1.29, 1.82) is 0 Å². The third-order valence-electron chi connectivity index (χ3n) is 2.80. The van der Waals surface area contributed by atoms with Crippen LogP contribution in [-0.4, -0.2) is 34.3 Å². The van der Waals surface area contributed by atoms with Gasteiger partial charge in [-0.1, -0.05) is 11.8 Å². The predicted molar refractivity (Wildman–Crippen MR) is 51.4 cm³/mol. The Morgan fingerprint density at radius 3 is 3.00 bits per heavy atom. The summed E-state index contributed by atoms with van der Waals surface area (Å²) in [5.41, 5.74) is 0. The maximum absolute atomic E-state index is 11.7. The van der Waals surface area contributed by atoms with Gasteiger partial charge >= 0.3 is 0 Å². The lowest BCUT2D eigenvalue weighted by Crippen LogP contribution is -2.38. The smallest absolute Gasteiger partial charge is 0.234 e. The highest BCUT2D eigenvalue weighted by Crippen LogP contribution is 2.29. The van der Waals surface area contributed by atoms with Crippen molar-refractivity contribution in [2.24, 2.45) is 5.92 Å². The van der Waals surface area contributed by atoms with Gasteiger partial charge in [-0.05, 0) is 19.8 Å². The molecule has 13 heavy (non-hydrogen) atoms. The van der Waals surface area contributed by atoms with Crippen LogP contribution in [0.1, 0.15) is 19.8 Å². The van der Waals surface area contributed by atoms with Crippen LogP contribution in [0.4, 0.5) is 0 Å². The zero-order chi connectivity index (χ0) is 9.42. The van der Waals surface area contributed by atoms with Crippen LogP contribution in [0.3, 0.4) is 0 Å². The number of thioether (sulfide) groups is 1. The molecule has 0 aromatic carbocycles. The number of carbonyl (C=O) groups excluding carboxylic acids is 2. The molecule has 0 N–H and O–H groups in total. The Kier molecular flexibility index (Phi) is 2.32. The second-order valence-electron chi connectivity index (χ2n) is 3.68. The molecular weight excluding hydrogens is 186 g/mol. The Bertz CT molecular complexity index is 254. The molecule has 0 spiro atoms. The maximum atomic E-state index is 11.7. The van der Waals surface area contributed by atoms with E-state index in [0.29, 0.717) is 6.04 Å². The number of rotatable bonds is 0. The topological polar surface area (TPSA) is 37.4 Å². The van der Waals surface area contributed by atoms with Crippen molar-refractivity contribution in [2.45, 2.75) is 25.8 Å². The molecule has 0 aromatic rings. The predicted octanol–water partition coefficient (Wildman–Crippen LogP) is 0.887. The van der Waals surface area contributed by atoms with E-state index >= 15 is 0 Å². The van der Waals surface area contributed by atoms with Crippen LogP contribution in [0.5, 0.6) is 0 Å². The molecule has 3 nitrogen and oxygen atoms in total. The Morgan fingerprint density at radius 2 is 2.23 bits per heavy atom. The SMILES string of the molecule is C[C@H]1C(=O)SCC2CCCN2C1=O. The third kappa shape index (κ3) is 1.47. The van der Waals surface area contributed by atoms with Crippen LogP contribution in [0, 0.1) is 5.92 Å². The number of nitrogens with zero attached hydrogens (tertiary/aromatic N) is 1. The molecule has 0 radical (unpaired) electrons. The summed E-state index contributed by atoms with van der Waals surface area (Å²) < 4.78 is 0. The fourth-order valence-electron chi connectivity index (χ4n) is 1.95. The van der Waals surface area contributed by atoms with Gasteiger partial charge in [0.2, 0.25) is 11.0 Å². The largest absolute Gasteiger partial charge is 0.338 e. The fraction of sp³-hybridized carbons (Fsp3) is 0.778. The van der Waals surface area contributed by atoms with Crippen LogP contribution in [0.2, 0.25) is 0 Å². The van der Waals surface area contributed by atoms with Crippen LogP contribution < -0.4 is 0 Å². The summed E-state index contributed by atoms with van der Waals surface area (Å²) in [6.45, 7) is 2.57. The van der Waals surface area contributed by atoms with Crippen molar-refractivity contribution >= 4 is 22.8 Å². The van der Waals surface area contributed by atoms with Gasteiger partial charge in [-0.15, -0.1) is 0 Å². The summed E-state index contributed by atoms with van der Waals surface area (Å²) in [7, 11) is 0. The van der Waals surface area contributed by atoms with Gasteiger partial charge < -0.3 is 4.90 Å². The second-order valence-corrected chi connectivity index (χ2v) is 4.70. The van der Waals surface area contributed by atoms with Crippen molar-refractivity contribution in [3.63, 3.8) is 0 Å². The molecule has 0 aromatic heterocycles. The van der Waals surface area contributed by atoms with Crippen molar-refractivity contribution < 1.29 is 9.59 Å². The van der Waals surface area contributed by atoms with E-state index in [-0.39, 0.29) is 11.0 Å². The molecule has 4 heteroatoms. The third-order valence-corrected chi connectivity index (χ3v) is 3.99. The molecule has 1 unspecified atom stereocenters. The monoisotopic (exact) mass is 199 g/mol. The van der Waals surface area contributed by atoms with Crippen LogP contribution in [0.15, 0.2) is 0 Å². The molecule has 2 saturated heterocycles. The number of hydrogen-bond donors (Lipinski definition) is 0. The summed E-state index contributed by atoms with van der Waals surface area (Å²) in [5, 5.41) is 0.0411. The van der Waals surface area contributed by atoms with E-state index in [1.165, 1.54) is 11.8 Å². The van der Waals surface area contributed by atoms with E-state index in [2.05, 4.69) is 0 Å². The van der Waals surface area contributed by atoms with Gasteiger partial charge in [0.25, 0.3) is 0 Å². The highest BCUT2D eigenvalue weighted by molar-refractivity contribution is 8.13. The molecule has 2 rings (SSSR count). The van der Waals surface area contributed by atoms with E-state index in [1.807, 2.05) is 4.90 Å². The highest BCUT2D eigenvalue weighted by atomic mass is 32.2. The van der Waals surface area contributed by atoms with E-state index in [4.69, 9.17) is 0 Å². The van der Waals surface area contributed by atoms with Gasteiger partial charge in [-0.25, -0.2) is 0 Å². The number of carbonyl (C=O) groups is 2. The molecule has 2 atom stereocenters. The Hall–Kier alpha value is -0.510. The van der Waals surface area contributed by atoms with E-state index < -0.39 is 5.92 Å². The first-order chi connectivity index (χ1) is 6.20. The van der Waals surface area contributed by atoms with Crippen LogP contribution >= 0.6 is 11.8 Å². The standard InChI is InChI=1S/C9H13NO2S/c1-6-8(11)10-4-2-3-7(10)5-13-9(6)12/h6-7H,2-5H2,1H3/t6-,7?/m1/s1. The highest BCUT2D eigenvalue weighted by Gasteiger charge is 2.37. The maximum Gasteiger partial charge on any atom is 0.234 e. The molecule has 2 fully saturated rings. The van der Waals surface area contributed by atoms with Gasteiger partial charge in [0.15, 0.2) is 0 Å². The summed E-state index contributed by atoms with van der Waals surface area (Å²) in [6, 6.07) is 0.325. The summed E-state index contributed by atoms with van der Waals surface area (Å²) in [4.78, 5) is 25.0. The van der Waals surface area contributed by atoms with Gasteiger partial charge in [0, 0.05) is 18.3 Å². The van der Waals surface area contributed by atoms with Crippen molar-refractivity contribution in [3.05, 3.63) is 0 Å². The minimum atomic E-state index is -0.423. The lowest BCUT2D eigenvalue weighted by Gasteiger charge is -2.22. The molecule has 72 valence electrons. The second kappa shape index (κ2) is 3.33.